The summed E-state index contributed by atoms with van der Waals surface area (Å²) in [6.07, 6.45) is -0.649. The van der Waals surface area contributed by atoms with E-state index in [-0.39, 0.29) is 18.1 Å². The molecule has 0 bridgehead atoms. The van der Waals surface area contributed by atoms with E-state index in [1.165, 1.54) is 12.1 Å². The fourth-order valence-corrected chi connectivity index (χ4v) is 1.88. The average Bonchev–Trinajstić information content (AvgIpc) is 2.54. The molecule has 0 fully saturated rings. The minimum atomic E-state index is -0.649. The monoisotopic (exact) mass is 319 g/mol. The van der Waals surface area contributed by atoms with Crippen LogP contribution in [-0.4, -0.2) is 47.7 Å². The van der Waals surface area contributed by atoms with Crippen molar-refractivity contribution in [1.82, 2.24) is 5.32 Å². The Morgan fingerprint density at radius 3 is 2.43 bits per heavy atom. The van der Waals surface area contributed by atoms with Gasteiger partial charge in [0.2, 0.25) is 0 Å². The molecule has 0 aliphatic heterocycles. The van der Waals surface area contributed by atoms with Crippen LogP contribution in [0.5, 0.6) is 23.0 Å². The summed E-state index contributed by atoms with van der Waals surface area (Å²) in [4.78, 5) is 0. The zero-order chi connectivity index (χ0) is 16.5. The van der Waals surface area contributed by atoms with Crippen LogP contribution in [0.4, 0.5) is 0 Å². The summed E-state index contributed by atoms with van der Waals surface area (Å²) >= 11 is 0. The van der Waals surface area contributed by atoms with Crippen molar-refractivity contribution in [3.63, 3.8) is 0 Å². The van der Waals surface area contributed by atoms with Crippen molar-refractivity contribution >= 4 is 0 Å². The van der Waals surface area contributed by atoms with Gasteiger partial charge in [-0.05, 0) is 36.4 Å². The second-order valence-corrected chi connectivity index (χ2v) is 5.01. The third kappa shape index (κ3) is 6.46. The first-order valence-corrected chi connectivity index (χ1v) is 7.36. The smallest absolute Gasteiger partial charge is 0.123 e. The van der Waals surface area contributed by atoms with Crippen molar-refractivity contribution in [2.45, 2.75) is 6.10 Å². The van der Waals surface area contributed by atoms with Crippen molar-refractivity contribution in [1.29, 1.82) is 0 Å². The highest BCUT2D eigenvalue weighted by molar-refractivity contribution is 5.31. The van der Waals surface area contributed by atoms with E-state index in [1.807, 2.05) is 0 Å². The Kier molecular flexibility index (Phi) is 6.53. The third-order valence-corrected chi connectivity index (χ3v) is 3.02. The number of hydrogen-bond donors (Lipinski definition) is 4. The lowest BCUT2D eigenvalue weighted by atomic mass is 10.3. The molecule has 0 radical (unpaired) electrons. The van der Waals surface area contributed by atoms with Gasteiger partial charge in [-0.25, -0.2) is 0 Å². The van der Waals surface area contributed by atoms with E-state index < -0.39 is 6.10 Å². The van der Waals surface area contributed by atoms with Gasteiger partial charge in [-0.3, -0.25) is 0 Å². The van der Waals surface area contributed by atoms with Gasteiger partial charge in [0.05, 0.1) is 0 Å². The molecule has 6 nitrogen and oxygen atoms in total. The van der Waals surface area contributed by atoms with Gasteiger partial charge in [0.1, 0.15) is 42.3 Å². The van der Waals surface area contributed by atoms with Gasteiger partial charge in [-0.2, -0.15) is 0 Å². The van der Waals surface area contributed by atoms with E-state index in [0.717, 1.165) is 0 Å². The lowest BCUT2D eigenvalue weighted by Gasteiger charge is -2.13. The second-order valence-electron chi connectivity index (χ2n) is 5.01. The molecule has 2 aromatic rings. The minimum absolute atomic E-state index is 0.158. The van der Waals surface area contributed by atoms with Crippen LogP contribution >= 0.6 is 0 Å². The van der Waals surface area contributed by atoms with Crippen LogP contribution in [0.2, 0.25) is 0 Å². The van der Waals surface area contributed by atoms with Gasteiger partial charge in [-0.15, -0.1) is 0 Å². The highest BCUT2D eigenvalue weighted by Gasteiger charge is 2.05. The lowest BCUT2D eigenvalue weighted by Crippen LogP contribution is -2.33. The molecule has 4 N–H and O–H groups in total. The van der Waals surface area contributed by atoms with Gasteiger partial charge >= 0.3 is 0 Å². The van der Waals surface area contributed by atoms with Crippen LogP contribution in [0.15, 0.2) is 48.5 Å². The molecule has 2 aromatic carbocycles. The van der Waals surface area contributed by atoms with Crippen molar-refractivity contribution in [3.8, 4) is 23.0 Å². The second kappa shape index (κ2) is 8.87. The topological polar surface area (TPSA) is 91.2 Å². The molecule has 0 spiro atoms. The van der Waals surface area contributed by atoms with E-state index in [9.17, 15) is 10.2 Å². The summed E-state index contributed by atoms with van der Waals surface area (Å²) in [6.45, 7) is 1.52. The zero-order valence-corrected chi connectivity index (χ0v) is 12.7. The number of benzene rings is 2. The summed E-state index contributed by atoms with van der Waals surface area (Å²) in [7, 11) is 0. The maximum Gasteiger partial charge on any atom is 0.123 e. The Balaban J connectivity index is 1.56. The molecule has 0 saturated heterocycles. The van der Waals surface area contributed by atoms with E-state index in [4.69, 9.17) is 14.6 Å². The molecule has 1 unspecified atom stereocenters. The summed E-state index contributed by atoms with van der Waals surface area (Å²) in [5.41, 5.74) is 0. The summed E-state index contributed by atoms with van der Waals surface area (Å²) in [5.74, 6) is 1.53. The van der Waals surface area contributed by atoms with E-state index in [0.29, 0.717) is 31.2 Å². The number of aromatic hydroxyl groups is 2. The molecule has 0 aromatic heterocycles. The Hall–Kier alpha value is -2.44. The number of rotatable bonds is 9. The van der Waals surface area contributed by atoms with E-state index in [1.54, 1.807) is 36.4 Å². The van der Waals surface area contributed by atoms with Crippen molar-refractivity contribution in [2.24, 2.45) is 0 Å². The van der Waals surface area contributed by atoms with E-state index in [2.05, 4.69) is 5.32 Å². The van der Waals surface area contributed by atoms with Crippen LogP contribution in [0.3, 0.4) is 0 Å². The number of phenols is 2. The third-order valence-electron chi connectivity index (χ3n) is 3.02. The number of phenolic OH excluding ortho intramolecular Hbond substituents is 2. The molecule has 6 heteroatoms. The van der Waals surface area contributed by atoms with Gasteiger partial charge in [0.25, 0.3) is 0 Å². The van der Waals surface area contributed by atoms with Crippen molar-refractivity contribution in [2.75, 3.05) is 26.3 Å². The molecule has 0 amide bonds. The number of aliphatic hydroxyl groups is 1. The predicted octanol–water partition coefficient (Wildman–Crippen LogP) is 1.51. The Labute approximate surface area is 134 Å². The maximum atomic E-state index is 9.81. The molecule has 0 aliphatic rings. The largest absolute Gasteiger partial charge is 0.508 e. The fraction of sp³-hybridized carbons (Fsp3) is 0.294. The highest BCUT2D eigenvalue weighted by atomic mass is 16.5. The zero-order valence-electron chi connectivity index (χ0n) is 12.7. The molecular weight excluding hydrogens is 298 g/mol. The van der Waals surface area contributed by atoms with Gasteiger partial charge in [0, 0.05) is 19.2 Å². The first kappa shape index (κ1) is 16.9. The summed E-state index contributed by atoms with van der Waals surface area (Å²) < 4.78 is 10.9. The molecule has 1 atom stereocenters. The normalized spacial score (nSPS) is 11.9. The highest BCUT2D eigenvalue weighted by Crippen LogP contribution is 2.17. The summed E-state index contributed by atoms with van der Waals surface area (Å²) in [6, 6.07) is 12.9. The predicted molar refractivity (Wildman–Crippen MR) is 86.1 cm³/mol. The fourth-order valence-electron chi connectivity index (χ4n) is 1.88. The molecule has 124 valence electrons. The number of aliphatic hydroxyl groups excluding tert-OH is 1. The number of hydrogen-bond acceptors (Lipinski definition) is 6. The van der Waals surface area contributed by atoms with Crippen LogP contribution < -0.4 is 14.8 Å². The SMILES string of the molecule is Oc1ccc(OCC(O)CNCCOc2cccc(O)c2)cc1. The van der Waals surface area contributed by atoms with Crippen LogP contribution in [0.1, 0.15) is 0 Å². The molecule has 0 heterocycles. The number of nitrogens with one attached hydrogen (secondary N) is 1. The van der Waals surface area contributed by atoms with Gasteiger partial charge in [-0.1, -0.05) is 6.07 Å². The van der Waals surface area contributed by atoms with Crippen molar-refractivity contribution < 1.29 is 24.8 Å². The van der Waals surface area contributed by atoms with E-state index >= 15 is 0 Å². The maximum absolute atomic E-state index is 9.81. The first-order chi connectivity index (χ1) is 11.1. The quantitative estimate of drug-likeness (QED) is 0.524. The van der Waals surface area contributed by atoms with Crippen molar-refractivity contribution in [3.05, 3.63) is 48.5 Å². The van der Waals surface area contributed by atoms with Gasteiger partial charge < -0.3 is 30.1 Å². The van der Waals surface area contributed by atoms with Gasteiger partial charge in [0.15, 0.2) is 0 Å². The standard InChI is InChI=1S/C17H21NO5/c19-13-4-6-16(7-5-13)23-12-15(21)11-18-8-9-22-17-3-1-2-14(20)10-17/h1-7,10,15,18-21H,8-9,11-12H2. The molecule has 0 saturated carbocycles. The Morgan fingerprint density at radius 2 is 1.70 bits per heavy atom. The molecule has 23 heavy (non-hydrogen) atoms. The Morgan fingerprint density at radius 1 is 0.913 bits per heavy atom. The summed E-state index contributed by atoms with van der Waals surface area (Å²) in [5, 5.41) is 31.3. The molecular formula is C17H21NO5. The Bertz CT molecular complexity index is 588. The molecule has 0 aliphatic carbocycles. The number of ether oxygens (including phenoxy) is 2. The van der Waals surface area contributed by atoms with Crippen LogP contribution in [0, 0.1) is 0 Å². The average molecular weight is 319 g/mol. The lowest BCUT2D eigenvalue weighted by molar-refractivity contribution is 0.105. The van der Waals surface area contributed by atoms with Crippen LogP contribution in [0.25, 0.3) is 0 Å². The molecule has 2 rings (SSSR count). The van der Waals surface area contributed by atoms with Crippen LogP contribution in [-0.2, 0) is 0 Å². The first-order valence-electron chi connectivity index (χ1n) is 7.36. The minimum Gasteiger partial charge on any atom is -0.508 e.